The van der Waals surface area contributed by atoms with E-state index in [9.17, 15) is 18.8 Å². The van der Waals surface area contributed by atoms with Gasteiger partial charge in [0.2, 0.25) is 5.91 Å². The Kier molecular flexibility index (Phi) is 10.6. The Hall–Kier alpha value is -4.99. The molecule has 0 saturated carbocycles. The van der Waals surface area contributed by atoms with E-state index in [4.69, 9.17) is 0 Å². The summed E-state index contributed by atoms with van der Waals surface area (Å²) in [5.74, 6) is -1.90. The van der Waals surface area contributed by atoms with Crippen molar-refractivity contribution in [2.45, 2.75) is 10.1 Å². The molecule has 0 aliphatic heterocycles. The molecule has 9 heteroatoms. The van der Waals surface area contributed by atoms with Crippen molar-refractivity contribution in [3.63, 3.8) is 0 Å². The van der Waals surface area contributed by atoms with Crippen molar-refractivity contribution < 1.29 is 18.8 Å². The van der Waals surface area contributed by atoms with Gasteiger partial charge in [-0.15, -0.1) is 11.8 Å². The van der Waals surface area contributed by atoms with Gasteiger partial charge in [0.1, 0.15) is 16.8 Å². The summed E-state index contributed by atoms with van der Waals surface area (Å²) < 4.78 is 15.1. The molecule has 5 rings (SSSR count). The normalized spacial score (nSPS) is 11.7. The summed E-state index contributed by atoms with van der Waals surface area (Å²) in [6.45, 7) is 0. The molecular weight excluding hydrogens is 653 g/mol. The van der Waals surface area contributed by atoms with Crippen molar-refractivity contribution in [2.24, 2.45) is 0 Å². The number of halogens is 2. The van der Waals surface area contributed by atoms with E-state index < -0.39 is 28.8 Å². The molecular formula is C36H27BrFN3O3S. The minimum absolute atomic E-state index is 0.0613. The molecule has 1 unspecified atom stereocenters. The predicted molar refractivity (Wildman–Crippen MR) is 181 cm³/mol. The second-order valence-corrected chi connectivity index (χ2v) is 11.9. The number of nitrogens with one attached hydrogen (secondary N) is 3. The standard InChI is InChI=1S/C36H27BrFN3O3S/c37-27-19-20-31(30(38)22-27)40-36(44)33(25-13-6-2-7-14-25)45-29-18-10-17-28(23-29)39-35(43)32(21-24-11-4-1-5-12-24)41-34(42)26-15-8-3-9-16-26/h1-23,33H,(H,39,43)(H,40,44)(H,41,42)/b32-21-. The maximum atomic E-state index is 14.5. The van der Waals surface area contributed by atoms with Crippen LogP contribution in [-0.4, -0.2) is 17.7 Å². The largest absolute Gasteiger partial charge is 0.322 e. The highest BCUT2D eigenvalue weighted by molar-refractivity contribution is 9.10. The first kappa shape index (κ1) is 31.4. The van der Waals surface area contributed by atoms with Crippen molar-refractivity contribution in [2.75, 3.05) is 10.6 Å². The SMILES string of the molecule is O=C(Nc1cccc(SC(C(=O)Nc2ccc(Br)cc2F)c2ccccc2)c1)/C(=C/c1ccccc1)NC(=O)c1ccccc1. The zero-order valence-corrected chi connectivity index (χ0v) is 26.1. The van der Waals surface area contributed by atoms with Crippen LogP contribution in [0, 0.1) is 5.82 Å². The molecule has 5 aromatic rings. The van der Waals surface area contributed by atoms with Gasteiger partial charge in [0.15, 0.2) is 0 Å². The number of hydrogen-bond acceptors (Lipinski definition) is 4. The van der Waals surface area contributed by atoms with Crippen molar-refractivity contribution in [3.8, 4) is 0 Å². The van der Waals surface area contributed by atoms with E-state index in [0.29, 0.717) is 20.6 Å². The van der Waals surface area contributed by atoms with Crippen LogP contribution in [0.4, 0.5) is 15.8 Å². The number of carbonyl (C=O) groups is 3. The van der Waals surface area contributed by atoms with Crippen LogP contribution in [-0.2, 0) is 9.59 Å². The fraction of sp³-hybridized carbons (Fsp3) is 0.0278. The smallest absolute Gasteiger partial charge is 0.272 e. The van der Waals surface area contributed by atoms with E-state index in [1.807, 2.05) is 66.7 Å². The lowest BCUT2D eigenvalue weighted by molar-refractivity contribution is -0.116. The van der Waals surface area contributed by atoms with E-state index in [1.165, 1.54) is 23.9 Å². The molecule has 0 aromatic heterocycles. The molecule has 0 fully saturated rings. The highest BCUT2D eigenvalue weighted by Gasteiger charge is 2.24. The summed E-state index contributed by atoms with van der Waals surface area (Å²) in [6.07, 6.45) is 1.60. The Balaban J connectivity index is 1.37. The molecule has 0 aliphatic carbocycles. The summed E-state index contributed by atoms with van der Waals surface area (Å²) in [7, 11) is 0. The van der Waals surface area contributed by atoms with Gasteiger partial charge < -0.3 is 16.0 Å². The molecule has 1 atom stereocenters. The highest BCUT2D eigenvalue weighted by Crippen LogP contribution is 2.37. The van der Waals surface area contributed by atoms with Gasteiger partial charge in [0, 0.05) is 20.6 Å². The van der Waals surface area contributed by atoms with Crippen LogP contribution in [0.5, 0.6) is 0 Å². The van der Waals surface area contributed by atoms with Crippen LogP contribution in [0.1, 0.15) is 26.7 Å². The van der Waals surface area contributed by atoms with E-state index in [2.05, 4.69) is 31.9 Å². The Morgan fingerprint density at radius 1 is 0.733 bits per heavy atom. The van der Waals surface area contributed by atoms with Crippen LogP contribution in [0.15, 0.2) is 149 Å². The van der Waals surface area contributed by atoms with Crippen molar-refractivity contribution in [1.82, 2.24) is 5.32 Å². The molecule has 3 amide bonds. The summed E-state index contributed by atoms with van der Waals surface area (Å²) in [5, 5.41) is 7.58. The Labute approximate surface area is 272 Å². The van der Waals surface area contributed by atoms with Gasteiger partial charge in [0.05, 0.1) is 5.69 Å². The molecule has 0 bridgehead atoms. The number of rotatable bonds is 10. The lowest BCUT2D eigenvalue weighted by Crippen LogP contribution is -2.30. The van der Waals surface area contributed by atoms with Gasteiger partial charge in [-0.25, -0.2) is 4.39 Å². The number of benzene rings is 5. The molecule has 0 spiro atoms. The van der Waals surface area contributed by atoms with E-state index in [0.717, 1.165) is 11.1 Å². The number of hydrogen-bond donors (Lipinski definition) is 3. The predicted octanol–water partition coefficient (Wildman–Crippen LogP) is 8.47. The molecule has 45 heavy (non-hydrogen) atoms. The first-order chi connectivity index (χ1) is 21.9. The quantitative estimate of drug-likeness (QED) is 0.102. The number of carbonyl (C=O) groups excluding carboxylic acids is 3. The van der Waals surface area contributed by atoms with Crippen LogP contribution in [0.3, 0.4) is 0 Å². The number of amides is 3. The second-order valence-electron chi connectivity index (χ2n) is 9.79. The van der Waals surface area contributed by atoms with Crippen molar-refractivity contribution in [3.05, 3.63) is 166 Å². The third-order valence-electron chi connectivity index (χ3n) is 6.51. The maximum Gasteiger partial charge on any atom is 0.272 e. The lowest BCUT2D eigenvalue weighted by atomic mass is 10.1. The zero-order chi connectivity index (χ0) is 31.6. The van der Waals surface area contributed by atoms with Crippen LogP contribution >= 0.6 is 27.7 Å². The van der Waals surface area contributed by atoms with E-state index >= 15 is 0 Å². The number of thioether (sulfide) groups is 1. The highest BCUT2D eigenvalue weighted by atomic mass is 79.9. The third-order valence-corrected chi connectivity index (χ3v) is 8.26. The molecule has 224 valence electrons. The Bertz CT molecular complexity index is 1840. The third kappa shape index (κ3) is 8.78. The molecule has 0 saturated heterocycles. The molecule has 0 radical (unpaired) electrons. The summed E-state index contributed by atoms with van der Waals surface area (Å²) in [4.78, 5) is 40.6. The van der Waals surface area contributed by atoms with E-state index in [1.54, 1.807) is 60.7 Å². The van der Waals surface area contributed by atoms with Gasteiger partial charge >= 0.3 is 0 Å². The fourth-order valence-corrected chi connectivity index (χ4v) is 5.75. The van der Waals surface area contributed by atoms with Gasteiger partial charge in [-0.1, -0.05) is 101 Å². The van der Waals surface area contributed by atoms with Crippen molar-refractivity contribution in [1.29, 1.82) is 0 Å². The number of anilines is 2. The fourth-order valence-electron chi connectivity index (χ4n) is 4.33. The van der Waals surface area contributed by atoms with Gasteiger partial charge in [-0.3, -0.25) is 14.4 Å². The maximum absolute atomic E-state index is 14.5. The average molecular weight is 681 g/mol. The average Bonchev–Trinajstić information content (AvgIpc) is 3.06. The molecule has 0 aliphatic rings. The summed E-state index contributed by atoms with van der Waals surface area (Å²) in [6, 6.07) is 38.5. The zero-order valence-electron chi connectivity index (χ0n) is 23.7. The lowest BCUT2D eigenvalue weighted by Gasteiger charge is -2.18. The Morgan fingerprint density at radius 3 is 2.09 bits per heavy atom. The molecule has 0 heterocycles. The molecule has 6 nitrogen and oxygen atoms in total. The minimum atomic E-state index is -0.723. The molecule has 3 N–H and O–H groups in total. The minimum Gasteiger partial charge on any atom is -0.322 e. The second kappa shape index (κ2) is 15.1. The topological polar surface area (TPSA) is 87.3 Å². The summed E-state index contributed by atoms with van der Waals surface area (Å²) in [5.41, 5.74) is 2.47. The van der Waals surface area contributed by atoms with Crippen molar-refractivity contribution >= 4 is 62.9 Å². The molecule has 5 aromatic carbocycles. The monoisotopic (exact) mass is 679 g/mol. The van der Waals surface area contributed by atoms with Gasteiger partial charge in [-0.05, 0) is 65.7 Å². The van der Waals surface area contributed by atoms with Crippen LogP contribution in [0.25, 0.3) is 6.08 Å². The summed E-state index contributed by atoms with van der Waals surface area (Å²) >= 11 is 4.49. The van der Waals surface area contributed by atoms with Gasteiger partial charge in [-0.2, -0.15) is 0 Å². The Morgan fingerprint density at radius 2 is 1.40 bits per heavy atom. The van der Waals surface area contributed by atoms with Crippen LogP contribution in [0.2, 0.25) is 0 Å². The van der Waals surface area contributed by atoms with E-state index in [-0.39, 0.29) is 11.4 Å². The first-order valence-corrected chi connectivity index (χ1v) is 15.5. The first-order valence-electron chi connectivity index (χ1n) is 13.9. The van der Waals surface area contributed by atoms with Crippen LogP contribution < -0.4 is 16.0 Å². The van der Waals surface area contributed by atoms with Gasteiger partial charge in [0.25, 0.3) is 11.8 Å².